The number of amides is 1. The first-order chi connectivity index (χ1) is 13.4. The molecule has 1 aromatic carbocycles. The molecule has 144 valence electrons. The van der Waals surface area contributed by atoms with Gasteiger partial charge in [-0.3, -0.25) is 14.6 Å². The van der Waals surface area contributed by atoms with Gasteiger partial charge in [0.2, 0.25) is 0 Å². The average molecular weight is 397 g/mol. The summed E-state index contributed by atoms with van der Waals surface area (Å²) in [6.07, 6.45) is 1.84. The van der Waals surface area contributed by atoms with Crippen molar-refractivity contribution in [1.82, 2.24) is 25.3 Å². The molecule has 0 aliphatic rings. The molecule has 0 aliphatic heterocycles. The van der Waals surface area contributed by atoms with Gasteiger partial charge in [0.25, 0.3) is 5.91 Å². The Hall–Kier alpha value is -3.11. The summed E-state index contributed by atoms with van der Waals surface area (Å²) in [5.74, 6) is 0.0617. The third kappa shape index (κ3) is 4.41. The Morgan fingerprint density at radius 3 is 2.75 bits per heavy atom. The molecule has 0 saturated heterocycles. The van der Waals surface area contributed by atoms with Crippen LogP contribution in [0.25, 0.3) is 11.3 Å². The van der Waals surface area contributed by atoms with Gasteiger partial charge >= 0.3 is 0 Å². The number of hydrogen-bond acceptors (Lipinski definition) is 4. The van der Waals surface area contributed by atoms with Crippen LogP contribution in [0, 0.1) is 11.3 Å². The average Bonchev–Trinajstić information content (AvgIpc) is 3.31. The lowest BCUT2D eigenvalue weighted by Crippen LogP contribution is -2.36. The molecule has 2 N–H and O–H groups in total. The van der Waals surface area contributed by atoms with Gasteiger partial charge in [0, 0.05) is 23.5 Å². The van der Waals surface area contributed by atoms with Crippen LogP contribution in [0.3, 0.4) is 0 Å². The molecule has 8 heteroatoms. The molecule has 2 heterocycles. The first-order valence-electron chi connectivity index (χ1n) is 8.97. The molecule has 28 heavy (non-hydrogen) atoms. The van der Waals surface area contributed by atoms with Crippen LogP contribution in [0.5, 0.6) is 0 Å². The second kappa shape index (κ2) is 8.28. The van der Waals surface area contributed by atoms with Crippen LogP contribution in [0.1, 0.15) is 48.4 Å². The van der Waals surface area contributed by atoms with E-state index in [4.69, 9.17) is 16.9 Å². The smallest absolute Gasteiger partial charge is 0.272 e. The van der Waals surface area contributed by atoms with Crippen molar-refractivity contribution in [3.63, 3.8) is 0 Å². The van der Waals surface area contributed by atoms with Gasteiger partial charge in [-0.25, -0.2) is 0 Å². The van der Waals surface area contributed by atoms with E-state index in [0.717, 1.165) is 17.0 Å². The van der Waals surface area contributed by atoms with E-state index in [1.807, 2.05) is 45.2 Å². The van der Waals surface area contributed by atoms with E-state index in [1.54, 1.807) is 22.9 Å². The molecule has 1 unspecified atom stereocenters. The van der Waals surface area contributed by atoms with E-state index >= 15 is 0 Å². The van der Waals surface area contributed by atoms with Crippen LogP contribution in [0.2, 0.25) is 5.02 Å². The third-order valence-electron chi connectivity index (χ3n) is 4.32. The third-order valence-corrected chi connectivity index (χ3v) is 4.63. The molecule has 0 radical (unpaired) electrons. The maximum Gasteiger partial charge on any atom is 0.272 e. The summed E-state index contributed by atoms with van der Waals surface area (Å²) < 4.78 is 1.76. The van der Waals surface area contributed by atoms with Crippen molar-refractivity contribution in [3.8, 4) is 17.3 Å². The van der Waals surface area contributed by atoms with Gasteiger partial charge in [0.1, 0.15) is 11.8 Å². The molecule has 1 amide bonds. The first-order valence-corrected chi connectivity index (χ1v) is 9.34. The second-order valence-corrected chi connectivity index (χ2v) is 7.37. The van der Waals surface area contributed by atoms with Gasteiger partial charge in [-0.05, 0) is 37.1 Å². The zero-order valence-corrected chi connectivity index (χ0v) is 16.7. The number of carbonyl (C=O) groups excluding carboxylic acids is 1. The molecule has 0 bridgehead atoms. The van der Waals surface area contributed by atoms with Crippen LogP contribution in [0.4, 0.5) is 0 Å². The van der Waals surface area contributed by atoms with Gasteiger partial charge in [0.15, 0.2) is 0 Å². The summed E-state index contributed by atoms with van der Waals surface area (Å²) in [4.78, 5) is 12.3. The van der Waals surface area contributed by atoms with Crippen molar-refractivity contribution >= 4 is 17.5 Å². The first kappa shape index (κ1) is 19.6. The van der Waals surface area contributed by atoms with Gasteiger partial charge < -0.3 is 5.32 Å². The molecule has 3 rings (SSSR count). The summed E-state index contributed by atoms with van der Waals surface area (Å²) in [5, 5.41) is 23.8. The van der Waals surface area contributed by atoms with Gasteiger partial charge in [-0.15, -0.1) is 0 Å². The van der Waals surface area contributed by atoms with E-state index in [1.165, 1.54) is 0 Å². The standard InChI is InChI=1S/C20H21ClN6O/c1-12(2)18-9-19(25-24-18)20(28)23-13(3)11-27-7-6-17(26-27)14-4-5-15(10-22)16(21)8-14/h4-9,12-13H,11H2,1-3H3,(H,23,28)(H,24,25). The Bertz CT molecular complexity index is 1030. The van der Waals surface area contributed by atoms with Gasteiger partial charge in [-0.2, -0.15) is 15.5 Å². The lowest BCUT2D eigenvalue weighted by atomic mass is 10.1. The number of nitriles is 1. The van der Waals surface area contributed by atoms with E-state index < -0.39 is 0 Å². The number of nitrogens with one attached hydrogen (secondary N) is 2. The quantitative estimate of drug-likeness (QED) is 0.662. The zero-order chi connectivity index (χ0) is 20.3. The maximum absolute atomic E-state index is 12.3. The molecule has 0 saturated carbocycles. The van der Waals surface area contributed by atoms with Crippen LogP contribution in [-0.4, -0.2) is 31.9 Å². The van der Waals surface area contributed by atoms with Crippen molar-refractivity contribution in [1.29, 1.82) is 5.26 Å². The number of hydrogen-bond donors (Lipinski definition) is 2. The van der Waals surface area contributed by atoms with Crippen LogP contribution < -0.4 is 5.32 Å². The minimum atomic E-state index is -0.220. The lowest BCUT2D eigenvalue weighted by molar-refractivity contribution is 0.0931. The lowest BCUT2D eigenvalue weighted by Gasteiger charge is -2.13. The topological polar surface area (TPSA) is 99.4 Å². The number of aromatic amines is 1. The summed E-state index contributed by atoms with van der Waals surface area (Å²) in [6.45, 7) is 6.49. The Morgan fingerprint density at radius 2 is 2.11 bits per heavy atom. The molecule has 3 aromatic rings. The fourth-order valence-electron chi connectivity index (χ4n) is 2.76. The number of nitrogens with zero attached hydrogens (tertiary/aromatic N) is 4. The van der Waals surface area contributed by atoms with Crippen molar-refractivity contribution in [2.75, 3.05) is 0 Å². The van der Waals surface area contributed by atoms with E-state index in [-0.39, 0.29) is 17.9 Å². The maximum atomic E-state index is 12.3. The summed E-state index contributed by atoms with van der Waals surface area (Å²) in [7, 11) is 0. The Labute approximate surface area is 168 Å². The van der Waals surface area contributed by atoms with E-state index in [0.29, 0.717) is 22.8 Å². The summed E-state index contributed by atoms with van der Waals surface area (Å²) in [6, 6.07) is 10.8. The monoisotopic (exact) mass is 396 g/mol. The van der Waals surface area contributed by atoms with Crippen LogP contribution in [0.15, 0.2) is 36.5 Å². The molecular weight excluding hydrogens is 376 g/mol. The van der Waals surface area contributed by atoms with Crippen LogP contribution >= 0.6 is 11.6 Å². The predicted octanol–water partition coefficient (Wildman–Crippen LogP) is 3.74. The van der Waals surface area contributed by atoms with Crippen molar-refractivity contribution in [2.45, 2.75) is 39.3 Å². The van der Waals surface area contributed by atoms with E-state index in [9.17, 15) is 4.79 Å². The molecule has 0 spiro atoms. The highest BCUT2D eigenvalue weighted by atomic mass is 35.5. The van der Waals surface area contributed by atoms with Gasteiger partial charge in [0.05, 0.1) is 22.8 Å². The van der Waals surface area contributed by atoms with Gasteiger partial charge in [-0.1, -0.05) is 31.5 Å². The number of carbonyl (C=O) groups is 1. The second-order valence-electron chi connectivity index (χ2n) is 6.97. The molecule has 1 atom stereocenters. The fraction of sp³-hybridized carbons (Fsp3) is 0.300. The SMILES string of the molecule is CC(Cn1ccc(-c2ccc(C#N)c(Cl)c2)n1)NC(=O)c1cc(C(C)C)[nH]n1. The fourth-order valence-corrected chi connectivity index (χ4v) is 2.98. The highest BCUT2D eigenvalue weighted by Gasteiger charge is 2.15. The minimum absolute atomic E-state index is 0.135. The number of aromatic nitrogens is 4. The highest BCUT2D eigenvalue weighted by molar-refractivity contribution is 6.32. The molecule has 0 fully saturated rings. The number of benzene rings is 1. The Balaban J connectivity index is 1.63. The Kier molecular flexibility index (Phi) is 5.81. The van der Waals surface area contributed by atoms with Crippen molar-refractivity contribution < 1.29 is 4.79 Å². The number of halogens is 1. The highest BCUT2D eigenvalue weighted by Crippen LogP contribution is 2.24. The normalized spacial score (nSPS) is 12.0. The minimum Gasteiger partial charge on any atom is -0.346 e. The Morgan fingerprint density at radius 1 is 1.32 bits per heavy atom. The number of rotatable bonds is 6. The molecule has 7 nitrogen and oxygen atoms in total. The largest absolute Gasteiger partial charge is 0.346 e. The van der Waals surface area contributed by atoms with E-state index in [2.05, 4.69) is 20.6 Å². The zero-order valence-electron chi connectivity index (χ0n) is 15.9. The molecular formula is C20H21ClN6O. The molecule has 0 aliphatic carbocycles. The number of H-pyrrole nitrogens is 1. The van der Waals surface area contributed by atoms with Crippen LogP contribution in [-0.2, 0) is 6.54 Å². The van der Waals surface area contributed by atoms with Crippen molar-refractivity contribution in [2.24, 2.45) is 0 Å². The molecule has 2 aromatic heterocycles. The summed E-state index contributed by atoms with van der Waals surface area (Å²) >= 11 is 6.09. The van der Waals surface area contributed by atoms with Crippen molar-refractivity contribution in [3.05, 3.63) is 58.5 Å². The predicted molar refractivity (Wildman–Crippen MR) is 107 cm³/mol. The summed E-state index contributed by atoms with van der Waals surface area (Å²) in [5.41, 5.74) is 3.32.